The molecule has 0 saturated heterocycles. The standard InChI is InChI=1S/C24H21NO8S/c1-30-18-10-9-14(11-21(18)31-2)24-23(27)22(26)16-12-20(32-15-7-5-4-6-8-15)17(13-19(16)33-24)25-34(3,28)29/h4-13,25,27H,1-3H3. The van der Waals surface area contributed by atoms with Crippen LogP contribution in [0.25, 0.3) is 22.3 Å². The molecule has 3 aromatic carbocycles. The van der Waals surface area contributed by atoms with E-state index in [1.807, 2.05) is 0 Å². The van der Waals surface area contributed by atoms with E-state index in [1.165, 1.54) is 26.4 Å². The van der Waals surface area contributed by atoms with Gasteiger partial charge >= 0.3 is 0 Å². The molecule has 0 aliphatic carbocycles. The molecule has 1 heterocycles. The van der Waals surface area contributed by atoms with Crippen molar-refractivity contribution in [2.45, 2.75) is 0 Å². The average molecular weight is 483 g/mol. The Labute approximate surface area is 195 Å². The normalized spacial score (nSPS) is 11.3. The summed E-state index contributed by atoms with van der Waals surface area (Å²) in [4.78, 5) is 13.0. The van der Waals surface area contributed by atoms with Gasteiger partial charge in [-0.05, 0) is 36.4 Å². The van der Waals surface area contributed by atoms with Crippen molar-refractivity contribution in [3.8, 4) is 40.1 Å². The van der Waals surface area contributed by atoms with E-state index in [-0.39, 0.29) is 28.2 Å². The quantitative estimate of drug-likeness (QED) is 0.398. The Hall–Kier alpha value is -4.18. The van der Waals surface area contributed by atoms with Crippen LogP contribution in [0, 0.1) is 0 Å². The third kappa shape index (κ3) is 4.62. The van der Waals surface area contributed by atoms with Gasteiger partial charge in [0.25, 0.3) is 0 Å². The number of fused-ring (bicyclic) bond motifs is 1. The molecule has 10 heteroatoms. The predicted molar refractivity (Wildman–Crippen MR) is 128 cm³/mol. The molecule has 0 amide bonds. The molecular formula is C24H21NO8S. The van der Waals surface area contributed by atoms with Gasteiger partial charge < -0.3 is 23.7 Å². The summed E-state index contributed by atoms with van der Waals surface area (Å²) >= 11 is 0. The molecule has 1 aromatic heterocycles. The number of aromatic hydroxyl groups is 1. The average Bonchev–Trinajstić information content (AvgIpc) is 2.81. The molecule has 0 aliphatic rings. The van der Waals surface area contributed by atoms with E-state index in [2.05, 4.69) is 4.72 Å². The highest BCUT2D eigenvalue weighted by Crippen LogP contribution is 2.39. The number of anilines is 1. The van der Waals surface area contributed by atoms with Crippen LogP contribution in [-0.2, 0) is 10.0 Å². The van der Waals surface area contributed by atoms with Crippen LogP contribution in [0.5, 0.6) is 28.7 Å². The molecular weight excluding hydrogens is 462 g/mol. The molecule has 0 spiro atoms. The molecule has 176 valence electrons. The summed E-state index contributed by atoms with van der Waals surface area (Å²) in [5.74, 6) is 0.586. The van der Waals surface area contributed by atoms with Gasteiger partial charge in [0, 0.05) is 11.6 Å². The SMILES string of the molecule is COc1ccc(-c2oc3cc(NS(C)(=O)=O)c(Oc4ccccc4)cc3c(=O)c2O)cc1OC. The van der Waals surface area contributed by atoms with Crippen molar-refractivity contribution in [1.82, 2.24) is 0 Å². The van der Waals surface area contributed by atoms with Gasteiger partial charge in [0.1, 0.15) is 11.3 Å². The smallest absolute Gasteiger partial charge is 0.235 e. The molecule has 4 aromatic rings. The molecule has 0 radical (unpaired) electrons. The monoisotopic (exact) mass is 483 g/mol. The zero-order valence-electron chi connectivity index (χ0n) is 18.5. The fourth-order valence-electron chi connectivity index (χ4n) is 3.36. The maximum atomic E-state index is 13.0. The molecule has 0 fully saturated rings. The Bertz CT molecular complexity index is 1530. The zero-order chi connectivity index (χ0) is 24.5. The summed E-state index contributed by atoms with van der Waals surface area (Å²) < 4.78 is 48.5. The first-order chi connectivity index (χ1) is 16.2. The van der Waals surface area contributed by atoms with E-state index >= 15 is 0 Å². The number of sulfonamides is 1. The first-order valence-corrected chi connectivity index (χ1v) is 11.9. The largest absolute Gasteiger partial charge is 0.502 e. The topological polar surface area (TPSA) is 124 Å². The number of nitrogens with one attached hydrogen (secondary N) is 1. The van der Waals surface area contributed by atoms with Crippen LogP contribution < -0.4 is 24.4 Å². The van der Waals surface area contributed by atoms with Gasteiger partial charge in [-0.15, -0.1) is 0 Å². The molecule has 34 heavy (non-hydrogen) atoms. The molecule has 2 N–H and O–H groups in total. The number of para-hydroxylation sites is 1. The van der Waals surface area contributed by atoms with Gasteiger partial charge in [-0.2, -0.15) is 0 Å². The second-order valence-electron chi connectivity index (χ2n) is 7.31. The molecule has 0 bridgehead atoms. The lowest BCUT2D eigenvalue weighted by atomic mass is 10.1. The van der Waals surface area contributed by atoms with Crippen LogP contribution in [0.4, 0.5) is 5.69 Å². The molecule has 0 aliphatic heterocycles. The van der Waals surface area contributed by atoms with Crippen molar-refractivity contribution < 1.29 is 32.2 Å². The third-order valence-corrected chi connectivity index (χ3v) is 5.47. The Morgan fingerprint density at radius 1 is 0.912 bits per heavy atom. The van der Waals surface area contributed by atoms with Crippen LogP contribution in [0.2, 0.25) is 0 Å². The van der Waals surface area contributed by atoms with Gasteiger partial charge in [0.05, 0.1) is 31.5 Å². The number of methoxy groups -OCH3 is 2. The first-order valence-electron chi connectivity index (χ1n) is 9.97. The molecule has 4 rings (SSSR count). The lowest BCUT2D eigenvalue weighted by Crippen LogP contribution is -2.11. The second-order valence-corrected chi connectivity index (χ2v) is 9.06. The number of ether oxygens (including phenoxy) is 3. The summed E-state index contributed by atoms with van der Waals surface area (Å²) in [7, 11) is -0.751. The van der Waals surface area contributed by atoms with Crippen molar-refractivity contribution in [3.05, 3.63) is 70.9 Å². The van der Waals surface area contributed by atoms with Crippen LogP contribution >= 0.6 is 0 Å². The summed E-state index contributed by atoms with van der Waals surface area (Å²) in [6, 6.07) is 16.0. The Balaban J connectivity index is 1.92. The molecule has 0 atom stereocenters. The van der Waals surface area contributed by atoms with E-state index < -0.39 is 21.2 Å². The van der Waals surface area contributed by atoms with Crippen LogP contribution in [0.15, 0.2) is 69.9 Å². The second kappa shape index (κ2) is 8.99. The van der Waals surface area contributed by atoms with E-state index in [1.54, 1.807) is 48.5 Å². The number of hydrogen-bond donors (Lipinski definition) is 2. The van der Waals surface area contributed by atoms with Crippen molar-refractivity contribution in [3.63, 3.8) is 0 Å². The number of rotatable bonds is 7. The van der Waals surface area contributed by atoms with E-state index in [9.17, 15) is 18.3 Å². The predicted octanol–water partition coefficient (Wildman–Crippen LogP) is 4.35. The number of hydrogen-bond acceptors (Lipinski definition) is 8. The first kappa shape index (κ1) is 23.0. The summed E-state index contributed by atoms with van der Waals surface area (Å²) in [6.07, 6.45) is 0.992. The maximum Gasteiger partial charge on any atom is 0.235 e. The van der Waals surface area contributed by atoms with Crippen molar-refractivity contribution >= 4 is 26.7 Å². The van der Waals surface area contributed by atoms with Gasteiger partial charge in [-0.25, -0.2) is 8.42 Å². The fraction of sp³-hybridized carbons (Fsp3) is 0.125. The van der Waals surface area contributed by atoms with Crippen molar-refractivity contribution in [2.24, 2.45) is 0 Å². The van der Waals surface area contributed by atoms with E-state index in [4.69, 9.17) is 18.6 Å². The van der Waals surface area contributed by atoms with Gasteiger partial charge in [-0.1, -0.05) is 18.2 Å². The Morgan fingerprint density at radius 3 is 2.26 bits per heavy atom. The highest BCUT2D eigenvalue weighted by molar-refractivity contribution is 7.92. The van der Waals surface area contributed by atoms with Crippen molar-refractivity contribution in [2.75, 3.05) is 25.2 Å². The highest BCUT2D eigenvalue weighted by atomic mass is 32.2. The summed E-state index contributed by atoms with van der Waals surface area (Å²) in [5.41, 5.74) is -0.253. The third-order valence-electron chi connectivity index (χ3n) is 4.88. The highest BCUT2D eigenvalue weighted by Gasteiger charge is 2.20. The Kier molecular flexibility index (Phi) is 6.08. The van der Waals surface area contributed by atoms with Gasteiger partial charge in [0.2, 0.25) is 21.2 Å². The van der Waals surface area contributed by atoms with Crippen LogP contribution in [0.3, 0.4) is 0 Å². The zero-order valence-corrected chi connectivity index (χ0v) is 19.3. The van der Waals surface area contributed by atoms with Crippen molar-refractivity contribution in [1.29, 1.82) is 0 Å². The molecule has 9 nitrogen and oxygen atoms in total. The fourth-order valence-corrected chi connectivity index (χ4v) is 3.92. The minimum absolute atomic E-state index is 0.00621. The van der Waals surface area contributed by atoms with Crippen LogP contribution in [-0.4, -0.2) is 34.0 Å². The van der Waals surface area contributed by atoms with Gasteiger partial charge in [-0.3, -0.25) is 9.52 Å². The lowest BCUT2D eigenvalue weighted by molar-refractivity contribution is 0.355. The maximum absolute atomic E-state index is 13.0. The summed E-state index contributed by atoms with van der Waals surface area (Å²) in [6.45, 7) is 0. The minimum atomic E-state index is -3.69. The van der Waals surface area contributed by atoms with E-state index in [0.717, 1.165) is 6.26 Å². The lowest BCUT2D eigenvalue weighted by Gasteiger charge is -2.14. The number of benzene rings is 3. The van der Waals surface area contributed by atoms with E-state index in [0.29, 0.717) is 22.8 Å². The Morgan fingerprint density at radius 2 is 1.62 bits per heavy atom. The molecule has 0 saturated carbocycles. The van der Waals surface area contributed by atoms with Gasteiger partial charge in [0.15, 0.2) is 23.0 Å². The molecule has 0 unspecified atom stereocenters. The minimum Gasteiger partial charge on any atom is -0.502 e. The van der Waals surface area contributed by atoms with Crippen LogP contribution in [0.1, 0.15) is 0 Å². The summed E-state index contributed by atoms with van der Waals surface area (Å²) in [5, 5.41) is 10.7.